The number of carbonyl (C=O) groups excluding carboxylic acids is 2. The summed E-state index contributed by atoms with van der Waals surface area (Å²) >= 11 is 1.64. The van der Waals surface area contributed by atoms with E-state index >= 15 is 0 Å². The van der Waals surface area contributed by atoms with Gasteiger partial charge in [0.1, 0.15) is 6.04 Å². The standard InChI is InChI=1S/C18H27N3O2S/c1-3-5-9-17(22)21-13-24-12-16(21)18(23)20-15-8-6-7-14(10-15)11-19-4-2/h6-8,10,16,19H,3-5,9,11-13H2,1-2H3,(H,20,23). The number of carbonyl (C=O) groups is 2. The van der Waals surface area contributed by atoms with Gasteiger partial charge in [0.05, 0.1) is 5.88 Å². The Morgan fingerprint density at radius 1 is 1.33 bits per heavy atom. The van der Waals surface area contributed by atoms with Gasteiger partial charge >= 0.3 is 0 Å². The Bertz CT molecular complexity index is 565. The minimum atomic E-state index is -0.364. The van der Waals surface area contributed by atoms with E-state index in [2.05, 4.69) is 24.5 Å². The van der Waals surface area contributed by atoms with Crippen LogP contribution >= 0.6 is 11.8 Å². The van der Waals surface area contributed by atoms with Crippen molar-refractivity contribution in [1.82, 2.24) is 10.2 Å². The topological polar surface area (TPSA) is 61.4 Å². The molecule has 132 valence electrons. The third kappa shape index (κ3) is 5.24. The van der Waals surface area contributed by atoms with Crippen molar-refractivity contribution in [2.24, 2.45) is 0 Å². The molecule has 1 aromatic rings. The number of benzene rings is 1. The largest absolute Gasteiger partial charge is 0.324 e. The molecule has 1 heterocycles. The molecule has 0 spiro atoms. The number of rotatable bonds is 8. The van der Waals surface area contributed by atoms with Crippen LogP contribution in [0.25, 0.3) is 0 Å². The molecule has 1 fully saturated rings. The summed E-state index contributed by atoms with van der Waals surface area (Å²) in [6.45, 7) is 5.82. The molecule has 0 bridgehead atoms. The highest BCUT2D eigenvalue weighted by Gasteiger charge is 2.34. The van der Waals surface area contributed by atoms with Gasteiger partial charge < -0.3 is 15.5 Å². The van der Waals surface area contributed by atoms with E-state index in [1.54, 1.807) is 16.7 Å². The smallest absolute Gasteiger partial charge is 0.248 e. The van der Waals surface area contributed by atoms with Gasteiger partial charge in [-0.25, -0.2) is 0 Å². The molecule has 2 N–H and O–H groups in total. The number of hydrogen-bond donors (Lipinski definition) is 2. The first-order valence-electron chi connectivity index (χ1n) is 8.63. The van der Waals surface area contributed by atoms with Crippen LogP contribution in [0.1, 0.15) is 38.7 Å². The maximum Gasteiger partial charge on any atom is 0.248 e. The van der Waals surface area contributed by atoms with Crippen LogP contribution in [0, 0.1) is 0 Å². The molecular formula is C18H27N3O2S. The SMILES string of the molecule is CCCCC(=O)N1CSCC1C(=O)Nc1cccc(CNCC)c1. The molecular weight excluding hydrogens is 322 g/mol. The fourth-order valence-corrected chi connectivity index (χ4v) is 3.81. The molecule has 0 aliphatic carbocycles. The van der Waals surface area contributed by atoms with Crippen molar-refractivity contribution in [3.05, 3.63) is 29.8 Å². The van der Waals surface area contributed by atoms with E-state index in [1.165, 1.54) is 0 Å². The van der Waals surface area contributed by atoms with Crippen molar-refractivity contribution in [2.75, 3.05) is 23.5 Å². The van der Waals surface area contributed by atoms with Gasteiger partial charge in [-0.05, 0) is 30.7 Å². The van der Waals surface area contributed by atoms with Gasteiger partial charge in [-0.2, -0.15) is 0 Å². The van der Waals surface area contributed by atoms with Gasteiger partial charge in [0.2, 0.25) is 11.8 Å². The maximum atomic E-state index is 12.6. The van der Waals surface area contributed by atoms with E-state index in [9.17, 15) is 9.59 Å². The average Bonchev–Trinajstić information content (AvgIpc) is 3.08. The molecule has 2 rings (SSSR count). The Kier molecular flexibility index (Phi) is 7.59. The number of hydrogen-bond acceptors (Lipinski definition) is 4. The fraction of sp³-hybridized carbons (Fsp3) is 0.556. The highest BCUT2D eigenvalue weighted by molar-refractivity contribution is 7.99. The summed E-state index contributed by atoms with van der Waals surface area (Å²) in [5.74, 6) is 1.27. The van der Waals surface area contributed by atoms with Gasteiger partial charge in [-0.15, -0.1) is 11.8 Å². The predicted molar refractivity (Wildman–Crippen MR) is 99.9 cm³/mol. The van der Waals surface area contributed by atoms with Crippen LogP contribution in [0.15, 0.2) is 24.3 Å². The minimum absolute atomic E-state index is 0.0860. The van der Waals surface area contributed by atoms with Crippen molar-refractivity contribution in [2.45, 2.75) is 45.7 Å². The van der Waals surface area contributed by atoms with Crippen molar-refractivity contribution >= 4 is 29.3 Å². The Morgan fingerprint density at radius 2 is 2.17 bits per heavy atom. The normalized spacial score (nSPS) is 17.1. The Labute approximate surface area is 148 Å². The first kappa shape index (κ1) is 18.8. The van der Waals surface area contributed by atoms with E-state index in [4.69, 9.17) is 0 Å². The van der Waals surface area contributed by atoms with Crippen molar-refractivity contribution < 1.29 is 9.59 Å². The molecule has 1 aromatic carbocycles. The number of nitrogens with one attached hydrogen (secondary N) is 2. The lowest BCUT2D eigenvalue weighted by atomic mass is 10.1. The first-order chi connectivity index (χ1) is 11.7. The lowest BCUT2D eigenvalue weighted by Crippen LogP contribution is -2.44. The number of nitrogens with zero attached hydrogens (tertiary/aromatic N) is 1. The van der Waals surface area contributed by atoms with Crippen molar-refractivity contribution in [1.29, 1.82) is 0 Å². The zero-order valence-electron chi connectivity index (χ0n) is 14.5. The third-order valence-electron chi connectivity index (χ3n) is 4.02. The van der Waals surface area contributed by atoms with E-state index in [0.717, 1.165) is 37.2 Å². The molecule has 1 aliphatic heterocycles. The summed E-state index contributed by atoms with van der Waals surface area (Å²) in [7, 11) is 0. The molecule has 0 saturated carbocycles. The number of amides is 2. The Morgan fingerprint density at radius 3 is 2.92 bits per heavy atom. The maximum absolute atomic E-state index is 12.6. The quantitative estimate of drug-likeness (QED) is 0.758. The fourth-order valence-electron chi connectivity index (χ4n) is 2.63. The summed E-state index contributed by atoms with van der Waals surface area (Å²) in [5.41, 5.74) is 1.92. The Hall–Kier alpha value is -1.53. The summed E-state index contributed by atoms with van der Waals surface area (Å²) in [4.78, 5) is 26.6. The zero-order valence-corrected chi connectivity index (χ0v) is 15.3. The monoisotopic (exact) mass is 349 g/mol. The number of unbranched alkanes of at least 4 members (excludes halogenated alkanes) is 1. The molecule has 24 heavy (non-hydrogen) atoms. The number of anilines is 1. The van der Waals surface area contributed by atoms with E-state index in [0.29, 0.717) is 18.1 Å². The van der Waals surface area contributed by atoms with Crippen LogP contribution in [-0.4, -0.2) is 40.9 Å². The molecule has 6 heteroatoms. The highest BCUT2D eigenvalue weighted by atomic mass is 32.2. The second-order valence-corrected chi connectivity index (χ2v) is 6.95. The van der Waals surface area contributed by atoms with Crippen LogP contribution in [-0.2, 0) is 16.1 Å². The molecule has 1 saturated heterocycles. The van der Waals surface area contributed by atoms with E-state index in [1.807, 2.05) is 24.3 Å². The van der Waals surface area contributed by atoms with Crippen LogP contribution in [0.2, 0.25) is 0 Å². The van der Waals surface area contributed by atoms with Gasteiger partial charge in [0.25, 0.3) is 0 Å². The van der Waals surface area contributed by atoms with E-state index in [-0.39, 0.29) is 17.9 Å². The van der Waals surface area contributed by atoms with E-state index < -0.39 is 0 Å². The first-order valence-corrected chi connectivity index (χ1v) is 9.79. The predicted octanol–water partition coefficient (Wildman–Crippen LogP) is 2.83. The molecule has 1 aliphatic rings. The average molecular weight is 350 g/mol. The highest BCUT2D eigenvalue weighted by Crippen LogP contribution is 2.23. The second-order valence-electron chi connectivity index (χ2n) is 5.95. The van der Waals surface area contributed by atoms with Gasteiger partial charge in [-0.3, -0.25) is 9.59 Å². The zero-order chi connectivity index (χ0) is 17.4. The molecule has 0 aromatic heterocycles. The third-order valence-corrected chi connectivity index (χ3v) is 5.04. The van der Waals surface area contributed by atoms with Crippen LogP contribution < -0.4 is 10.6 Å². The van der Waals surface area contributed by atoms with Crippen molar-refractivity contribution in [3.63, 3.8) is 0 Å². The molecule has 0 radical (unpaired) electrons. The summed E-state index contributed by atoms with van der Waals surface area (Å²) < 4.78 is 0. The summed E-state index contributed by atoms with van der Waals surface area (Å²) in [5, 5.41) is 6.24. The lowest BCUT2D eigenvalue weighted by Gasteiger charge is -2.23. The number of thioether (sulfide) groups is 1. The minimum Gasteiger partial charge on any atom is -0.324 e. The van der Waals surface area contributed by atoms with Crippen LogP contribution in [0.3, 0.4) is 0 Å². The van der Waals surface area contributed by atoms with Crippen LogP contribution in [0.5, 0.6) is 0 Å². The van der Waals surface area contributed by atoms with Gasteiger partial charge in [0, 0.05) is 24.4 Å². The second kappa shape index (κ2) is 9.69. The van der Waals surface area contributed by atoms with Crippen LogP contribution in [0.4, 0.5) is 5.69 Å². The molecule has 1 unspecified atom stereocenters. The summed E-state index contributed by atoms with van der Waals surface area (Å²) in [6.07, 6.45) is 2.39. The lowest BCUT2D eigenvalue weighted by molar-refractivity contribution is -0.136. The molecule has 2 amide bonds. The molecule has 1 atom stereocenters. The molecule has 5 nitrogen and oxygen atoms in total. The van der Waals surface area contributed by atoms with Crippen molar-refractivity contribution in [3.8, 4) is 0 Å². The summed E-state index contributed by atoms with van der Waals surface area (Å²) in [6, 6.07) is 7.47. The Balaban J connectivity index is 1.96. The van der Waals surface area contributed by atoms with Gasteiger partial charge in [-0.1, -0.05) is 32.4 Å². The van der Waals surface area contributed by atoms with Gasteiger partial charge in [0.15, 0.2) is 0 Å².